The van der Waals surface area contributed by atoms with E-state index in [1.807, 2.05) is 18.7 Å². The Bertz CT molecular complexity index is 1880. The predicted molar refractivity (Wildman–Crippen MR) is 164 cm³/mol. The lowest BCUT2D eigenvalue weighted by Crippen LogP contribution is -2.57. The normalized spacial score (nSPS) is 18.3. The third kappa shape index (κ3) is 4.29. The van der Waals surface area contributed by atoms with E-state index >= 15 is 8.78 Å². The first-order chi connectivity index (χ1) is 20.5. The number of amides is 1. The van der Waals surface area contributed by atoms with E-state index in [2.05, 4.69) is 16.9 Å². The number of fused-ring (bicyclic) bond motifs is 5. The molecule has 2 atom stereocenters. The third-order valence-electron chi connectivity index (χ3n) is 8.61. The molecular weight excluding hydrogens is 576 g/mol. The molecule has 1 saturated heterocycles. The summed E-state index contributed by atoms with van der Waals surface area (Å²) < 4.78 is 39.4. The zero-order valence-corrected chi connectivity index (χ0v) is 25.6. The lowest BCUT2D eigenvalue weighted by atomic mass is 9.89. The van der Waals surface area contributed by atoms with Crippen LogP contribution in [0.1, 0.15) is 50.9 Å². The van der Waals surface area contributed by atoms with Gasteiger partial charge in [0, 0.05) is 24.5 Å². The van der Waals surface area contributed by atoms with Gasteiger partial charge in [0.2, 0.25) is 5.91 Å². The van der Waals surface area contributed by atoms with Gasteiger partial charge in [-0.25, -0.2) is 18.7 Å². The Kier molecular flexibility index (Phi) is 7.15. The highest BCUT2D eigenvalue weighted by atomic mass is 35.5. The number of carbonyl (C=O) groups is 1. The van der Waals surface area contributed by atoms with Crippen LogP contribution in [0, 0.1) is 24.5 Å². The number of rotatable bonds is 4. The van der Waals surface area contributed by atoms with E-state index < -0.39 is 23.2 Å². The summed E-state index contributed by atoms with van der Waals surface area (Å²) in [5.74, 6) is -1.68. The molecule has 0 saturated carbocycles. The summed E-state index contributed by atoms with van der Waals surface area (Å²) >= 11 is 6.83. The number of hydrogen-bond donors (Lipinski definition) is 0. The first-order valence-electron chi connectivity index (χ1n) is 14.3. The maximum atomic E-state index is 17.3. The van der Waals surface area contributed by atoms with Crippen molar-refractivity contribution in [3.8, 4) is 22.6 Å². The van der Waals surface area contributed by atoms with Gasteiger partial charge in [0.1, 0.15) is 29.6 Å². The molecule has 2 aliphatic rings. The molecule has 11 heteroatoms. The topological polar surface area (TPSA) is 80.6 Å². The van der Waals surface area contributed by atoms with Crippen LogP contribution in [-0.2, 0) is 4.79 Å². The van der Waals surface area contributed by atoms with Gasteiger partial charge in [0.05, 0.1) is 46.0 Å². The minimum atomic E-state index is -0.898. The van der Waals surface area contributed by atoms with Crippen LogP contribution in [0.25, 0.3) is 27.7 Å². The number of halogens is 3. The second kappa shape index (κ2) is 10.6. The fourth-order valence-corrected chi connectivity index (χ4v) is 6.86. The molecule has 2 aliphatic heterocycles. The smallest absolute Gasteiger partial charge is 0.281 e. The van der Waals surface area contributed by atoms with Crippen LogP contribution in [-0.4, -0.2) is 47.2 Å². The largest absolute Gasteiger partial charge is 0.496 e. The highest BCUT2D eigenvalue weighted by Crippen LogP contribution is 2.48. The van der Waals surface area contributed by atoms with Gasteiger partial charge < -0.3 is 14.5 Å². The van der Waals surface area contributed by atoms with Crippen molar-refractivity contribution in [3.05, 3.63) is 69.0 Å². The highest BCUT2D eigenvalue weighted by Gasteiger charge is 2.43. The molecule has 43 heavy (non-hydrogen) atoms. The quantitative estimate of drug-likeness (QED) is 0.267. The van der Waals surface area contributed by atoms with Crippen LogP contribution >= 0.6 is 11.6 Å². The number of anilines is 2. The molecule has 2 aromatic carbocycles. The van der Waals surface area contributed by atoms with Gasteiger partial charge in [-0.05, 0) is 49.8 Å². The van der Waals surface area contributed by atoms with Crippen LogP contribution in [0.2, 0.25) is 5.02 Å². The van der Waals surface area contributed by atoms with E-state index in [0.717, 1.165) is 6.42 Å². The average Bonchev–Trinajstić information content (AvgIpc) is 2.96. The van der Waals surface area contributed by atoms with Gasteiger partial charge in [0.15, 0.2) is 5.82 Å². The van der Waals surface area contributed by atoms with Crippen LogP contribution < -0.4 is 20.1 Å². The molecule has 6 rings (SSSR count). The SMILES string of the molecule is COc1cccc(F)c1-c1c(Cl)cc2c3c(c(=O)n(-c4c(C)ncnc4C(C)C)c2c1F)N(C)C(=O)[C@H]1CC[C@H](C)CN31. The number of likely N-dealkylation sites (N-methyl/N-ethyl adjacent to an activating group) is 1. The van der Waals surface area contributed by atoms with Gasteiger partial charge in [-0.15, -0.1) is 0 Å². The highest BCUT2D eigenvalue weighted by molar-refractivity contribution is 6.35. The molecular formula is C32H32ClF2N5O3. The fraction of sp³-hybridized carbons (Fsp3) is 0.375. The van der Waals surface area contributed by atoms with Crippen LogP contribution in [0.5, 0.6) is 5.75 Å². The zero-order valence-electron chi connectivity index (χ0n) is 24.8. The van der Waals surface area contributed by atoms with Crippen molar-refractivity contribution in [2.45, 2.75) is 52.5 Å². The molecule has 0 spiro atoms. The summed E-state index contributed by atoms with van der Waals surface area (Å²) in [6.07, 6.45) is 2.84. The first-order valence-corrected chi connectivity index (χ1v) is 14.6. The summed E-state index contributed by atoms with van der Waals surface area (Å²) in [6.45, 7) is 8.12. The standard InChI is InChI=1S/C32H32ClF2N5O3/c1-15(2)26-27(17(4)36-14-37-26)40-28-18(12-19(33)23(25(28)35)24-20(34)8-7-9-22(24)43-6)29-30(32(40)42)38(5)31(41)21-11-10-16(3)13-39(21)29/h7-9,12,14-16,21H,10-11,13H2,1-6H3/t16-,21+/m0/s1. The van der Waals surface area contributed by atoms with E-state index in [-0.39, 0.29) is 50.8 Å². The Morgan fingerprint density at radius 1 is 1.07 bits per heavy atom. The number of carbonyl (C=O) groups excluding carboxylic acids is 1. The molecule has 0 aliphatic carbocycles. The van der Waals surface area contributed by atoms with Crippen molar-refractivity contribution in [2.24, 2.45) is 5.92 Å². The number of methoxy groups -OCH3 is 1. The summed E-state index contributed by atoms with van der Waals surface area (Å²) in [5, 5.41) is 0.264. The maximum absolute atomic E-state index is 17.3. The number of aryl methyl sites for hydroxylation is 1. The minimum absolute atomic E-state index is 0.0629. The fourth-order valence-electron chi connectivity index (χ4n) is 6.57. The number of piperidine rings is 1. The lowest BCUT2D eigenvalue weighted by molar-refractivity contribution is -0.120. The molecule has 0 unspecified atom stereocenters. The monoisotopic (exact) mass is 607 g/mol. The van der Waals surface area contributed by atoms with Gasteiger partial charge in [0.25, 0.3) is 5.56 Å². The van der Waals surface area contributed by atoms with Crippen molar-refractivity contribution < 1.29 is 18.3 Å². The summed E-state index contributed by atoms with van der Waals surface area (Å²) in [6, 6.07) is 5.23. The van der Waals surface area contributed by atoms with Gasteiger partial charge in [-0.1, -0.05) is 38.4 Å². The van der Waals surface area contributed by atoms with Gasteiger partial charge in [-0.2, -0.15) is 0 Å². The molecule has 0 radical (unpaired) electrons. The van der Waals surface area contributed by atoms with Crippen molar-refractivity contribution in [1.29, 1.82) is 0 Å². The second-order valence-electron chi connectivity index (χ2n) is 11.7. The molecule has 0 bridgehead atoms. The molecule has 1 fully saturated rings. The summed E-state index contributed by atoms with van der Waals surface area (Å²) in [5.41, 5.74) is 0.707. The Morgan fingerprint density at radius 3 is 2.51 bits per heavy atom. The number of hydrogen-bond acceptors (Lipinski definition) is 6. The number of benzene rings is 2. The number of pyridine rings is 1. The number of nitrogens with zero attached hydrogens (tertiary/aromatic N) is 5. The average molecular weight is 608 g/mol. The van der Waals surface area contributed by atoms with E-state index in [1.165, 1.54) is 41.1 Å². The maximum Gasteiger partial charge on any atom is 0.281 e. The molecule has 224 valence electrons. The van der Waals surface area contributed by atoms with Crippen LogP contribution in [0.15, 0.2) is 35.4 Å². The Balaban J connectivity index is 1.86. The minimum Gasteiger partial charge on any atom is -0.496 e. The van der Waals surface area contributed by atoms with Crippen molar-refractivity contribution >= 4 is 39.8 Å². The summed E-state index contributed by atoms with van der Waals surface area (Å²) in [4.78, 5) is 40.5. The van der Waals surface area contributed by atoms with Gasteiger partial charge in [-0.3, -0.25) is 14.2 Å². The number of aromatic nitrogens is 3. The van der Waals surface area contributed by atoms with Crippen LogP contribution in [0.4, 0.5) is 20.2 Å². The zero-order chi connectivity index (χ0) is 30.9. The van der Waals surface area contributed by atoms with Crippen molar-refractivity contribution in [2.75, 3.05) is 30.5 Å². The summed E-state index contributed by atoms with van der Waals surface area (Å²) in [7, 11) is 2.93. The molecule has 0 N–H and O–H groups in total. The van der Waals surface area contributed by atoms with E-state index in [4.69, 9.17) is 16.3 Å². The molecule has 8 nitrogen and oxygen atoms in total. The molecule has 1 amide bonds. The third-order valence-corrected chi connectivity index (χ3v) is 8.90. The van der Waals surface area contributed by atoms with E-state index in [9.17, 15) is 9.59 Å². The van der Waals surface area contributed by atoms with Crippen molar-refractivity contribution in [3.63, 3.8) is 0 Å². The van der Waals surface area contributed by atoms with E-state index in [0.29, 0.717) is 41.1 Å². The predicted octanol–water partition coefficient (Wildman–Crippen LogP) is 6.40. The number of ether oxygens (including phenoxy) is 1. The van der Waals surface area contributed by atoms with Crippen LogP contribution in [0.3, 0.4) is 0 Å². The Hall–Kier alpha value is -4.05. The Morgan fingerprint density at radius 2 is 1.81 bits per heavy atom. The lowest BCUT2D eigenvalue weighted by Gasteiger charge is -2.46. The Labute approximate surface area is 252 Å². The molecule has 4 heterocycles. The van der Waals surface area contributed by atoms with Gasteiger partial charge >= 0.3 is 0 Å². The second-order valence-corrected chi connectivity index (χ2v) is 12.1. The van der Waals surface area contributed by atoms with E-state index in [1.54, 1.807) is 20.0 Å². The first kappa shape index (κ1) is 29.0. The molecule has 4 aromatic rings. The van der Waals surface area contributed by atoms with Crippen molar-refractivity contribution in [1.82, 2.24) is 14.5 Å². The molecule has 2 aromatic heterocycles.